The number of thiazole rings is 1. The van der Waals surface area contributed by atoms with Crippen LogP contribution in [0.1, 0.15) is 18.9 Å². The first-order valence-electron chi connectivity index (χ1n) is 9.12. The summed E-state index contributed by atoms with van der Waals surface area (Å²) in [4.78, 5) is 16.6. The van der Waals surface area contributed by atoms with Crippen LogP contribution >= 0.6 is 22.7 Å². The highest BCUT2D eigenvalue weighted by Gasteiger charge is 2.11. The smallest absolute Gasteiger partial charge is 0.230 e. The van der Waals surface area contributed by atoms with Gasteiger partial charge >= 0.3 is 0 Å². The Morgan fingerprint density at radius 2 is 1.97 bits per heavy atom. The van der Waals surface area contributed by atoms with Crippen LogP contribution in [0.25, 0.3) is 20.8 Å². The molecule has 0 bridgehead atoms. The third-order valence-electron chi connectivity index (χ3n) is 4.08. The van der Waals surface area contributed by atoms with Crippen LogP contribution in [0.5, 0.6) is 5.75 Å². The number of benzene rings is 2. The van der Waals surface area contributed by atoms with Crippen LogP contribution in [0.3, 0.4) is 0 Å². The second-order valence-electron chi connectivity index (χ2n) is 6.36. The largest absolute Gasteiger partial charge is 0.494 e. The van der Waals surface area contributed by atoms with Crippen molar-refractivity contribution in [1.29, 1.82) is 0 Å². The van der Waals surface area contributed by atoms with E-state index in [1.807, 2.05) is 42.5 Å². The van der Waals surface area contributed by atoms with Crippen LogP contribution in [0.15, 0.2) is 42.5 Å². The van der Waals surface area contributed by atoms with Crippen molar-refractivity contribution in [1.82, 2.24) is 15.2 Å². The zero-order valence-corrected chi connectivity index (χ0v) is 17.3. The molecule has 4 rings (SSSR count). The predicted octanol–water partition coefficient (Wildman–Crippen LogP) is 4.37. The van der Waals surface area contributed by atoms with Gasteiger partial charge in [0.2, 0.25) is 11.0 Å². The minimum absolute atomic E-state index is 0.146. The number of hydrogen-bond acceptors (Lipinski definition) is 8. The van der Waals surface area contributed by atoms with Gasteiger partial charge in [0.05, 0.1) is 23.2 Å². The third-order valence-corrected chi connectivity index (χ3v) is 5.81. The Bertz CT molecular complexity index is 1140. The Balaban J connectivity index is 1.39. The maximum absolute atomic E-state index is 12.4. The van der Waals surface area contributed by atoms with Gasteiger partial charge in [-0.1, -0.05) is 35.7 Å². The zero-order chi connectivity index (χ0) is 20.2. The van der Waals surface area contributed by atoms with Crippen LogP contribution in [-0.4, -0.2) is 27.7 Å². The van der Waals surface area contributed by atoms with Gasteiger partial charge in [0.1, 0.15) is 10.8 Å². The zero-order valence-electron chi connectivity index (χ0n) is 15.7. The predicted molar refractivity (Wildman–Crippen MR) is 117 cm³/mol. The molecule has 0 spiro atoms. The van der Waals surface area contributed by atoms with Gasteiger partial charge in [-0.25, -0.2) is 4.98 Å². The fourth-order valence-electron chi connectivity index (χ4n) is 2.75. The van der Waals surface area contributed by atoms with Gasteiger partial charge in [-0.2, -0.15) is 0 Å². The molecule has 2 heterocycles. The van der Waals surface area contributed by atoms with Crippen molar-refractivity contribution in [3.63, 3.8) is 0 Å². The molecule has 3 N–H and O–H groups in total. The van der Waals surface area contributed by atoms with Crippen molar-refractivity contribution in [3.05, 3.63) is 48.0 Å². The van der Waals surface area contributed by atoms with E-state index in [4.69, 9.17) is 10.5 Å². The summed E-state index contributed by atoms with van der Waals surface area (Å²) < 4.78 is 6.56. The number of ether oxygens (including phenoxy) is 1. The molecule has 0 saturated carbocycles. The summed E-state index contributed by atoms with van der Waals surface area (Å²) >= 11 is 2.74. The first-order chi connectivity index (χ1) is 14.1. The van der Waals surface area contributed by atoms with Gasteiger partial charge in [0.15, 0.2) is 5.13 Å². The summed E-state index contributed by atoms with van der Waals surface area (Å²) in [6.07, 6.45) is 1.21. The molecule has 7 nitrogen and oxygen atoms in total. The number of nitrogens with one attached hydrogen (secondary N) is 1. The first kappa shape index (κ1) is 19.3. The van der Waals surface area contributed by atoms with Crippen molar-refractivity contribution in [2.24, 2.45) is 0 Å². The number of nitrogen functional groups attached to an aromatic ring is 1. The summed E-state index contributed by atoms with van der Waals surface area (Å²) in [5.74, 6) is 0.682. The van der Waals surface area contributed by atoms with E-state index in [9.17, 15) is 4.79 Å². The average Bonchev–Trinajstić information content (AvgIpc) is 3.32. The SMILES string of the molecule is CCCOc1ccc(-c2nnc(NC(=O)Cc3ccc4nc(N)sc4c3)s2)cc1. The third kappa shape index (κ3) is 4.69. The van der Waals surface area contributed by atoms with E-state index >= 15 is 0 Å². The second kappa shape index (κ2) is 8.54. The molecule has 2 aromatic heterocycles. The molecule has 1 amide bonds. The lowest BCUT2D eigenvalue weighted by Crippen LogP contribution is -2.14. The highest BCUT2D eigenvalue weighted by atomic mass is 32.1. The summed E-state index contributed by atoms with van der Waals surface area (Å²) in [6.45, 7) is 2.76. The number of hydrogen-bond donors (Lipinski definition) is 2. The Kier molecular flexibility index (Phi) is 5.68. The van der Waals surface area contributed by atoms with Crippen molar-refractivity contribution in [3.8, 4) is 16.3 Å². The van der Waals surface area contributed by atoms with Crippen LogP contribution in [0.2, 0.25) is 0 Å². The van der Waals surface area contributed by atoms with E-state index in [2.05, 4.69) is 27.4 Å². The number of fused-ring (bicyclic) bond motifs is 1. The number of rotatable bonds is 7. The lowest BCUT2D eigenvalue weighted by Gasteiger charge is -2.04. The Morgan fingerprint density at radius 3 is 2.76 bits per heavy atom. The minimum Gasteiger partial charge on any atom is -0.494 e. The fourth-order valence-corrected chi connectivity index (χ4v) is 4.31. The van der Waals surface area contributed by atoms with Crippen molar-refractivity contribution < 1.29 is 9.53 Å². The Morgan fingerprint density at radius 1 is 1.14 bits per heavy atom. The normalized spacial score (nSPS) is 10.9. The molecule has 9 heteroatoms. The van der Waals surface area contributed by atoms with E-state index in [-0.39, 0.29) is 12.3 Å². The quantitative estimate of drug-likeness (QED) is 0.456. The van der Waals surface area contributed by atoms with Crippen molar-refractivity contribution in [2.45, 2.75) is 19.8 Å². The van der Waals surface area contributed by atoms with Gasteiger partial charge in [-0.05, 0) is 48.4 Å². The molecule has 0 unspecified atom stereocenters. The number of nitrogens with zero attached hydrogens (tertiary/aromatic N) is 3. The van der Waals surface area contributed by atoms with Crippen LogP contribution in [0.4, 0.5) is 10.3 Å². The Hall–Kier alpha value is -3.04. The summed E-state index contributed by atoms with van der Waals surface area (Å²) in [5, 5.41) is 12.8. The number of amides is 1. The van der Waals surface area contributed by atoms with E-state index in [0.717, 1.165) is 38.5 Å². The molecular weight excluding hydrogens is 406 g/mol. The first-order valence-corrected chi connectivity index (χ1v) is 10.8. The number of nitrogens with two attached hydrogens (primary N) is 1. The molecule has 0 aliphatic carbocycles. The van der Waals surface area contributed by atoms with E-state index in [1.165, 1.54) is 22.7 Å². The summed E-state index contributed by atoms with van der Waals surface area (Å²) in [7, 11) is 0. The van der Waals surface area contributed by atoms with E-state index in [1.54, 1.807) is 0 Å². The Labute approximate surface area is 175 Å². The molecule has 0 aliphatic heterocycles. The highest BCUT2D eigenvalue weighted by molar-refractivity contribution is 7.22. The highest BCUT2D eigenvalue weighted by Crippen LogP contribution is 2.28. The van der Waals surface area contributed by atoms with Gasteiger partial charge in [0.25, 0.3) is 0 Å². The molecule has 0 fully saturated rings. The van der Waals surface area contributed by atoms with Crippen molar-refractivity contribution in [2.75, 3.05) is 17.7 Å². The van der Waals surface area contributed by atoms with Crippen LogP contribution in [-0.2, 0) is 11.2 Å². The molecule has 0 radical (unpaired) electrons. The van der Waals surface area contributed by atoms with Gasteiger partial charge < -0.3 is 15.8 Å². The molecule has 4 aromatic rings. The van der Waals surface area contributed by atoms with Crippen LogP contribution < -0.4 is 15.8 Å². The van der Waals surface area contributed by atoms with Crippen molar-refractivity contribution >= 4 is 49.1 Å². The van der Waals surface area contributed by atoms with Crippen LogP contribution in [0, 0.1) is 0 Å². The molecule has 0 saturated heterocycles. The number of carbonyl (C=O) groups is 1. The molecule has 0 atom stereocenters. The maximum Gasteiger partial charge on any atom is 0.230 e. The average molecular weight is 426 g/mol. The van der Waals surface area contributed by atoms with Gasteiger partial charge in [0, 0.05) is 5.56 Å². The second-order valence-corrected chi connectivity index (χ2v) is 8.40. The minimum atomic E-state index is -0.146. The molecule has 0 aliphatic rings. The number of aromatic nitrogens is 3. The number of anilines is 2. The standard InChI is InChI=1S/C20H19N5O2S2/c1-2-9-27-14-6-4-13(5-7-14)18-24-25-20(29-18)23-17(26)11-12-3-8-15-16(10-12)28-19(21)22-15/h3-8,10H,2,9,11H2,1H3,(H2,21,22)(H,23,25,26). The molecule has 148 valence electrons. The number of carbonyl (C=O) groups excluding carboxylic acids is 1. The fraction of sp³-hybridized carbons (Fsp3) is 0.200. The monoisotopic (exact) mass is 425 g/mol. The lowest BCUT2D eigenvalue weighted by atomic mass is 10.1. The topological polar surface area (TPSA) is 103 Å². The molecule has 2 aromatic carbocycles. The summed E-state index contributed by atoms with van der Waals surface area (Å²) in [5.41, 5.74) is 8.40. The molecular formula is C20H19N5O2S2. The van der Waals surface area contributed by atoms with Gasteiger partial charge in [-0.3, -0.25) is 4.79 Å². The van der Waals surface area contributed by atoms with Gasteiger partial charge in [-0.15, -0.1) is 10.2 Å². The van der Waals surface area contributed by atoms with E-state index < -0.39 is 0 Å². The maximum atomic E-state index is 12.4. The lowest BCUT2D eigenvalue weighted by molar-refractivity contribution is -0.115. The molecule has 29 heavy (non-hydrogen) atoms. The van der Waals surface area contributed by atoms with E-state index in [0.29, 0.717) is 16.9 Å². The summed E-state index contributed by atoms with van der Waals surface area (Å²) in [6, 6.07) is 13.4.